The maximum Gasteiger partial charge on any atom is 0.128 e. The maximum atomic E-state index is 14.6. The van der Waals surface area contributed by atoms with Crippen molar-refractivity contribution in [2.45, 2.75) is 42.2 Å². The Labute approximate surface area is 155 Å². The molecule has 134 valence electrons. The van der Waals surface area contributed by atoms with E-state index in [0.29, 0.717) is 35.6 Å². The zero-order valence-corrected chi connectivity index (χ0v) is 15.7. The first-order valence-corrected chi connectivity index (χ1v) is 9.71. The van der Waals surface area contributed by atoms with Crippen LogP contribution in [0.2, 0.25) is 5.02 Å². The van der Waals surface area contributed by atoms with E-state index in [1.54, 1.807) is 30.3 Å². The molecule has 5 heteroatoms. The Morgan fingerprint density at radius 3 is 2.44 bits per heavy atom. The molecular formula is C20H21ClF2OS. The number of rotatable bonds is 8. The summed E-state index contributed by atoms with van der Waals surface area (Å²) in [4.78, 5) is 0.547. The third kappa shape index (κ3) is 4.36. The summed E-state index contributed by atoms with van der Waals surface area (Å²) in [5.41, 5.74) is 0.157. The van der Waals surface area contributed by atoms with E-state index < -0.39 is 27.2 Å². The summed E-state index contributed by atoms with van der Waals surface area (Å²) >= 11 is 5.92. The Morgan fingerprint density at radius 1 is 1.16 bits per heavy atom. The average molecular weight is 383 g/mol. The molecule has 0 N–H and O–H groups in total. The monoisotopic (exact) mass is 382 g/mol. The topological polar surface area (TPSA) is 17.1 Å². The van der Waals surface area contributed by atoms with Gasteiger partial charge < -0.3 is 0 Å². The van der Waals surface area contributed by atoms with Crippen molar-refractivity contribution in [3.8, 4) is 0 Å². The highest BCUT2D eigenvalue weighted by molar-refractivity contribution is 7.86. The molecule has 0 aliphatic carbocycles. The van der Waals surface area contributed by atoms with Gasteiger partial charge >= 0.3 is 0 Å². The third-order valence-corrected chi connectivity index (χ3v) is 6.50. The molecule has 0 radical (unpaired) electrons. The van der Waals surface area contributed by atoms with Crippen LogP contribution in [0.25, 0.3) is 0 Å². The molecule has 0 amide bonds. The fraction of sp³-hybridized carbons (Fsp3) is 0.300. The van der Waals surface area contributed by atoms with Gasteiger partial charge in [-0.2, -0.15) is 0 Å². The lowest BCUT2D eigenvalue weighted by Crippen LogP contribution is -2.33. The molecule has 2 unspecified atom stereocenters. The number of hydrogen-bond donors (Lipinski definition) is 0. The van der Waals surface area contributed by atoms with Crippen LogP contribution in [0.4, 0.5) is 8.78 Å². The predicted octanol–water partition coefficient (Wildman–Crippen LogP) is 6.39. The smallest absolute Gasteiger partial charge is 0.128 e. The van der Waals surface area contributed by atoms with Gasteiger partial charge in [-0.1, -0.05) is 31.0 Å². The number of hydrogen-bond acceptors (Lipinski definition) is 1. The van der Waals surface area contributed by atoms with Gasteiger partial charge in [0.25, 0.3) is 0 Å². The summed E-state index contributed by atoms with van der Waals surface area (Å²) in [7, 11) is -1.57. The van der Waals surface area contributed by atoms with Crippen molar-refractivity contribution >= 4 is 22.4 Å². The number of benzene rings is 2. The zero-order chi connectivity index (χ0) is 18.4. The second-order valence-electron chi connectivity index (χ2n) is 5.92. The van der Waals surface area contributed by atoms with E-state index >= 15 is 0 Å². The summed E-state index contributed by atoms with van der Waals surface area (Å²) < 4.78 is 40.9. The van der Waals surface area contributed by atoms with E-state index in [9.17, 15) is 13.0 Å². The molecule has 2 atom stereocenters. The van der Waals surface area contributed by atoms with E-state index in [-0.39, 0.29) is 5.56 Å². The molecule has 0 aromatic heterocycles. The molecule has 2 aromatic carbocycles. The van der Waals surface area contributed by atoms with Gasteiger partial charge in [0.2, 0.25) is 0 Å². The molecule has 0 spiro atoms. The van der Waals surface area contributed by atoms with Crippen LogP contribution in [0.15, 0.2) is 60.0 Å². The fourth-order valence-corrected chi connectivity index (χ4v) is 5.06. The molecule has 2 aromatic rings. The highest BCUT2D eigenvalue weighted by atomic mass is 35.5. The first kappa shape index (κ1) is 19.8. The zero-order valence-electron chi connectivity index (χ0n) is 14.1. The Kier molecular flexibility index (Phi) is 6.91. The average Bonchev–Trinajstić information content (AvgIpc) is 2.61. The Balaban J connectivity index is 2.64. The van der Waals surface area contributed by atoms with Crippen LogP contribution in [0.5, 0.6) is 0 Å². The first-order valence-electron chi connectivity index (χ1n) is 8.18. The molecule has 0 aliphatic heterocycles. The van der Waals surface area contributed by atoms with Crippen LogP contribution in [-0.2, 0) is 15.5 Å². The van der Waals surface area contributed by atoms with Crippen LogP contribution in [0.3, 0.4) is 0 Å². The van der Waals surface area contributed by atoms with Crippen molar-refractivity contribution in [2.75, 3.05) is 0 Å². The highest BCUT2D eigenvalue weighted by Gasteiger charge is 2.40. The molecule has 2 rings (SSSR count). The second kappa shape index (κ2) is 8.72. The highest BCUT2D eigenvalue weighted by Crippen LogP contribution is 2.42. The first-order chi connectivity index (χ1) is 11.9. The minimum atomic E-state index is -1.57. The minimum absolute atomic E-state index is 0.157. The Hall–Kier alpha value is -1.52. The van der Waals surface area contributed by atoms with E-state index in [1.165, 1.54) is 6.07 Å². The van der Waals surface area contributed by atoms with Crippen LogP contribution in [0.1, 0.15) is 38.2 Å². The summed E-state index contributed by atoms with van der Waals surface area (Å²) in [5, 5.41) is 0.532. The van der Waals surface area contributed by atoms with Crippen LogP contribution >= 0.6 is 11.6 Å². The molecule has 0 saturated heterocycles. The molecule has 0 bridgehead atoms. The van der Waals surface area contributed by atoms with Crippen molar-refractivity contribution in [1.29, 1.82) is 0 Å². The van der Waals surface area contributed by atoms with Gasteiger partial charge in [-0.25, -0.2) is 8.78 Å². The van der Waals surface area contributed by atoms with E-state index in [4.69, 9.17) is 11.6 Å². The van der Waals surface area contributed by atoms with Crippen molar-refractivity contribution < 1.29 is 13.0 Å². The molecule has 25 heavy (non-hydrogen) atoms. The van der Waals surface area contributed by atoms with E-state index in [0.717, 1.165) is 12.1 Å². The predicted molar refractivity (Wildman–Crippen MR) is 100 cm³/mol. The van der Waals surface area contributed by atoms with Crippen molar-refractivity contribution in [3.63, 3.8) is 0 Å². The number of allylic oxidation sites excluding steroid dienone is 1. The van der Waals surface area contributed by atoms with Gasteiger partial charge in [0, 0.05) is 15.5 Å². The maximum absolute atomic E-state index is 14.6. The normalized spacial score (nSPS) is 14.7. The van der Waals surface area contributed by atoms with Gasteiger partial charge in [0.15, 0.2) is 0 Å². The van der Waals surface area contributed by atoms with Gasteiger partial charge in [0.1, 0.15) is 11.6 Å². The summed E-state index contributed by atoms with van der Waals surface area (Å²) in [6.07, 6.45) is 3.83. The Bertz CT molecular complexity index is 761. The fourth-order valence-electron chi connectivity index (χ4n) is 3.05. The molecular weight excluding hydrogens is 362 g/mol. The quantitative estimate of drug-likeness (QED) is 0.483. The van der Waals surface area contributed by atoms with Crippen molar-refractivity contribution in [3.05, 3.63) is 77.3 Å². The lowest BCUT2D eigenvalue weighted by atomic mass is 9.88. The lowest BCUT2D eigenvalue weighted by Gasteiger charge is -2.33. The van der Waals surface area contributed by atoms with Gasteiger partial charge in [-0.3, -0.25) is 4.21 Å². The standard InChI is InChI=1S/C20H21ClF2OS/c1-3-5-13-20(12-4-2,18-14-16(22)8-11-19(18)23)25(24)17-9-6-15(21)7-10-17/h3,6-11,14H,1,4-5,12-13H2,2H3. The van der Waals surface area contributed by atoms with Gasteiger partial charge in [-0.15, -0.1) is 6.58 Å². The molecule has 0 heterocycles. The third-order valence-electron chi connectivity index (χ3n) is 4.21. The second-order valence-corrected chi connectivity index (χ2v) is 8.15. The van der Waals surface area contributed by atoms with Gasteiger partial charge in [-0.05, 0) is 61.7 Å². The van der Waals surface area contributed by atoms with Crippen LogP contribution < -0.4 is 0 Å². The van der Waals surface area contributed by atoms with Crippen molar-refractivity contribution in [2.24, 2.45) is 0 Å². The number of halogens is 3. The van der Waals surface area contributed by atoms with E-state index in [2.05, 4.69) is 6.58 Å². The van der Waals surface area contributed by atoms with Crippen LogP contribution in [-0.4, -0.2) is 4.21 Å². The summed E-state index contributed by atoms with van der Waals surface area (Å²) in [6.45, 7) is 5.66. The van der Waals surface area contributed by atoms with Crippen molar-refractivity contribution in [1.82, 2.24) is 0 Å². The molecule has 0 fully saturated rings. The largest absolute Gasteiger partial charge is 0.253 e. The van der Waals surface area contributed by atoms with Gasteiger partial charge in [0.05, 0.1) is 15.5 Å². The molecule has 1 nitrogen and oxygen atoms in total. The minimum Gasteiger partial charge on any atom is -0.253 e. The molecule has 0 saturated carbocycles. The Morgan fingerprint density at radius 2 is 1.84 bits per heavy atom. The summed E-state index contributed by atoms with van der Waals surface area (Å²) in [5.74, 6) is -1.08. The summed E-state index contributed by atoms with van der Waals surface area (Å²) in [6, 6.07) is 10.0. The SMILES string of the molecule is C=CCCC(CCC)(c1cc(F)ccc1F)S(=O)c1ccc(Cl)cc1. The lowest BCUT2D eigenvalue weighted by molar-refractivity contribution is 0.465. The molecule has 0 aliphatic rings. The van der Waals surface area contributed by atoms with Crippen LogP contribution in [0, 0.1) is 11.6 Å². The van der Waals surface area contributed by atoms with E-state index in [1.807, 2.05) is 6.92 Å².